The molecule has 53 heavy (non-hydrogen) atoms. The fourth-order valence-electron chi connectivity index (χ4n) is 8.03. The van der Waals surface area contributed by atoms with Crippen molar-refractivity contribution in [3.8, 4) is 45.5 Å². The number of nitrogens with zero attached hydrogens (tertiary/aromatic N) is 4. The van der Waals surface area contributed by atoms with E-state index in [4.69, 9.17) is 14.7 Å². The van der Waals surface area contributed by atoms with Gasteiger partial charge >= 0.3 is 0 Å². The first-order chi connectivity index (χ1) is 25.4. The van der Waals surface area contributed by atoms with Gasteiger partial charge < -0.3 is 4.74 Å². The topological polar surface area (TPSA) is 44.9 Å². The lowest BCUT2D eigenvalue weighted by atomic mass is 9.83. The van der Waals surface area contributed by atoms with E-state index in [0.717, 1.165) is 61.9 Å². The van der Waals surface area contributed by atoms with E-state index in [2.05, 4.69) is 169 Å². The average molecular weight is 695 g/mol. The van der Waals surface area contributed by atoms with Crippen molar-refractivity contribution in [3.63, 3.8) is 0 Å². The minimum absolute atomic E-state index is 0.0853. The van der Waals surface area contributed by atoms with Crippen molar-refractivity contribution in [3.05, 3.63) is 155 Å². The minimum Gasteiger partial charge on any atom is -0.457 e. The summed E-state index contributed by atoms with van der Waals surface area (Å²) in [7, 11) is 0. The van der Waals surface area contributed by atoms with Crippen molar-refractivity contribution < 1.29 is 4.74 Å². The number of aryl methyl sites for hydroxylation is 6. The van der Waals surface area contributed by atoms with E-state index in [9.17, 15) is 0 Å². The van der Waals surface area contributed by atoms with E-state index < -0.39 is 0 Å². The van der Waals surface area contributed by atoms with Gasteiger partial charge in [-0.1, -0.05) is 80.9 Å². The lowest BCUT2D eigenvalue weighted by Gasteiger charge is -2.22. The molecule has 0 fully saturated rings. The van der Waals surface area contributed by atoms with Crippen molar-refractivity contribution in [2.75, 3.05) is 0 Å². The largest absolute Gasteiger partial charge is 0.457 e. The van der Waals surface area contributed by atoms with Gasteiger partial charge in [-0.15, -0.1) is 0 Å². The van der Waals surface area contributed by atoms with Gasteiger partial charge in [-0.2, -0.15) is 0 Å². The number of fused-ring (bicyclic) bond motifs is 3. The fraction of sp³-hybridized carbons (Fsp3) is 0.208. The summed E-state index contributed by atoms with van der Waals surface area (Å²) in [5.41, 5.74) is 15.4. The lowest BCUT2D eigenvalue weighted by Crippen LogP contribution is -2.12. The number of hydrogen-bond donors (Lipinski definition) is 0. The smallest absolute Gasteiger partial charge is 0.144 e. The number of benzene rings is 5. The third-order valence-electron chi connectivity index (χ3n) is 10.5. The Morgan fingerprint density at radius 3 is 2.04 bits per heavy atom. The first-order valence-electron chi connectivity index (χ1n) is 18.4. The zero-order valence-electron chi connectivity index (χ0n) is 32.2. The van der Waals surface area contributed by atoms with Gasteiger partial charge in [-0.25, -0.2) is 9.97 Å². The molecule has 0 radical (unpaired) electrons. The van der Waals surface area contributed by atoms with E-state index >= 15 is 0 Å². The number of para-hydroxylation sites is 1. The molecule has 0 aliphatic heterocycles. The van der Waals surface area contributed by atoms with Crippen molar-refractivity contribution >= 4 is 21.8 Å². The summed E-state index contributed by atoms with van der Waals surface area (Å²) in [4.78, 5) is 9.76. The number of hydrogen-bond acceptors (Lipinski definition) is 3. The Balaban J connectivity index is 1.21. The van der Waals surface area contributed by atoms with Crippen LogP contribution in [-0.2, 0) is 5.41 Å². The molecule has 0 amide bonds. The van der Waals surface area contributed by atoms with Gasteiger partial charge in [0.1, 0.15) is 23.1 Å². The lowest BCUT2D eigenvalue weighted by molar-refractivity contribution is 0.479. The molecule has 0 atom stereocenters. The molecule has 3 heterocycles. The Morgan fingerprint density at radius 1 is 0.585 bits per heavy atom. The predicted molar refractivity (Wildman–Crippen MR) is 220 cm³/mol. The zero-order chi connectivity index (χ0) is 37.2. The van der Waals surface area contributed by atoms with Crippen LogP contribution in [0.2, 0.25) is 0 Å². The van der Waals surface area contributed by atoms with E-state index in [0.29, 0.717) is 0 Å². The average Bonchev–Trinajstić information content (AvgIpc) is 3.71. The Kier molecular flexibility index (Phi) is 8.33. The summed E-state index contributed by atoms with van der Waals surface area (Å²) in [6.45, 7) is 19.8. The van der Waals surface area contributed by atoms with Crippen LogP contribution >= 0.6 is 0 Å². The second-order valence-electron chi connectivity index (χ2n) is 15.6. The number of pyridine rings is 1. The van der Waals surface area contributed by atoms with Gasteiger partial charge in [0.15, 0.2) is 0 Å². The Bertz CT molecular complexity index is 2660. The summed E-state index contributed by atoms with van der Waals surface area (Å²) in [6.07, 6.45) is 5.84. The molecule has 0 saturated heterocycles. The third kappa shape index (κ3) is 6.10. The molecule has 3 aromatic heterocycles. The molecule has 0 N–H and O–H groups in total. The molecule has 0 unspecified atom stereocenters. The van der Waals surface area contributed by atoms with Gasteiger partial charge in [-0.05, 0) is 128 Å². The highest BCUT2D eigenvalue weighted by Gasteiger charge is 2.20. The van der Waals surface area contributed by atoms with Crippen LogP contribution in [0.3, 0.4) is 0 Å². The highest BCUT2D eigenvalue weighted by Crippen LogP contribution is 2.39. The van der Waals surface area contributed by atoms with Gasteiger partial charge in [0.25, 0.3) is 0 Å². The van der Waals surface area contributed by atoms with E-state index in [-0.39, 0.29) is 5.41 Å². The Hall–Kier alpha value is -5.94. The number of ether oxygens (including phenoxy) is 1. The molecule has 8 aromatic rings. The molecule has 5 aromatic carbocycles. The molecular formula is C48H46N4O. The van der Waals surface area contributed by atoms with Crippen LogP contribution in [0.4, 0.5) is 0 Å². The van der Waals surface area contributed by atoms with Crippen molar-refractivity contribution in [1.82, 2.24) is 19.1 Å². The fourth-order valence-corrected chi connectivity index (χ4v) is 8.03. The first kappa shape index (κ1) is 34.2. The monoisotopic (exact) mass is 694 g/mol. The third-order valence-corrected chi connectivity index (χ3v) is 10.5. The Morgan fingerprint density at radius 2 is 1.30 bits per heavy atom. The highest BCUT2D eigenvalue weighted by molar-refractivity contribution is 6.09. The maximum atomic E-state index is 6.74. The molecule has 8 rings (SSSR count). The van der Waals surface area contributed by atoms with Crippen molar-refractivity contribution in [2.45, 2.75) is 67.7 Å². The summed E-state index contributed by atoms with van der Waals surface area (Å²) in [6, 6.07) is 34.7. The van der Waals surface area contributed by atoms with Gasteiger partial charge in [0.2, 0.25) is 0 Å². The second-order valence-corrected chi connectivity index (χ2v) is 15.6. The number of imidazole rings is 1. The van der Waals surface area contributed by atoms with Crippen molar-refractivity contribution in [2.24, 2.45) is 0 Å². The number of rotatable bonds is 6. The molecular weight excluding hydrogens is 649 g/mol. The van der Waals surface area contributed by atoms with Crippen LogP contribution < -0.4 is 4.74 Å². The Labute approximate surface area is 312 Å². The van der Waals surface area contributed by atoms with E-state index in [1.54, 1.807) is 0 Å². The highest BCUT2D eigenvalue weighted by atomic mass is 16.5. The standard InChI is InChI=1S/C48H46N4O/c1-29-22-33(5)46(34(6)23-29)51-21-20-50-47(51)36-15-14-30(2)43(26-36)53-38-16-17-40-39-12-10-11-13-41(39)52(42(40)28-38)44-27-35(18-19-49-44)45-31(3)24-37(25-32(45)4)48(7,8)9/h10-28H,1-9H3. The van der Waals surface area contributed by atoms with Crippen LogP contribution in [0.15, 0.2) is 116 Å². The summed E-state index contributed by atoms with van der Waals surface area (Å²) in [5.74, 6) is 3.30. The molecule has 0 aliphatic rings. The van der Waals surface area contributed by atoms with E-state index in [1.165, 1.54) is 44.3 Å². The van der Waals surface area contributed by atoms with Crippen molar-refractivity contribution in [1.29, 1.82) is 0 Å². The normalized spacial score (nSPS) is 11.9. The molecule has 0 bridgehead atoms. The van der Waals surface area contributed by atoms with Crippen LogP contribution in [-0.4, -0.2) is 19.1 Å². The maximum Gasteiger partial charge on any atom is 0.144 e. The van der Waals surface area contributed by atoms with Crippen LogP contribution in [0.5, 0.6) is 11.5 Å². The molecule has 0 spiro atoms. The molecule has 0 aliphatic carbocycles. The maximum absolute atomic E-state index is 6.74. The van der Waals surface area contributed by atoms with Gasteiger partial charge in [-0.3, -0.25) is 9.13 Å². The molecule has 5 heteroatoms. The summed E-state index contributed by atoms with van der Waals surface area (Å²) in [5, 5.41) is 2.33. The van der Waals surface area contributed by atoms with Crippen LogP contribution in [0, 0.1) is 41.5 Å². The first-order valence-corrected chi connectivity index (χ1v) is 18.4. The molecule has 264 valence electrons. The van der Waals surface area contributed by atoms with Crippen LogP contribution in [0.25, 0.3) is 55.8 Å². The summed E-state index contributed by atoms with van der Waals surface area (Å²) >= 11 is 0. The molecule has 0 saturated carbocycles. The zero-order valence-corrected chi connectivity index (χ0v) is 32.2. The van der Waals surface area contributed by atoms with Crippen LogP contribution in [0.1, 0.15) is 59.7 Å². The van der Waals surface area contributed by atoms with Gasteiger partial charge in [0, 0.05) is 41.0 Å². The SMILES string of the molecule is Cc1cc(C)c(-n2ccnc2-c2ccc(C)c(Oc3ccc4c5ccccc5n(-c5cc(-c6c(C)cc(C(C)(C)C)cc6C)ccn5)c4c3)c2)c(C)c1. The number of aromatic nitrogens is 4. The van der Waals surface area contributed by atoms with E-state index in [1.807, 2.05) is 18.6 Å². The minimum atomic E-state index is 0.0853. The molecule has 5 nitrogen and oxygen atoms in total. The quantitative estimate of drug-likeness (QED) is 0.174. The van der Waals surface area contributed by atoms with Gasteiger partial charge in [0.05, 0.1) is 16.7 Å². The predicted octanol–water partition coefficient (Wildman–Crippen LogP) is 12.6. The summed E-state index contributed by atoms with van der Waals surface area (Å²) < 4.78 is 11.2. The second kappa shape index (κ2) is 12.9.